The minimum Gasteiger partial charge on any atom is -0.195 e. The molecule has 0 spiro atoms. The molecule has 2 aliphatic heterocycles. The van der Waals surface area contributed by atoms with E-state index in [1.165, 1.54) is 0 Å². The SMILES string of the molecule is CC1CCN(S(=O)(=O)N2CCC(CBr)CC2)CC1. The summed E-state index contributed by atoms with van der Waals surface area (Å²) in [5.74, 6) is 1.30. The highest BCUT2D eigenvalue weighted by atomic mass is 79.9. The normalized spacial score (nSPS) is 26.6. The van der Waals surface area contributed by atoms with Crippen LogP contribution in [0.1, 0.15) is 32.6 Å². The smallest absolute Gasteiger partial charge is 0.195 e. The molecule has 2 heterocycles. The second-order valence-corrected chi connectivity index (χ2v) is 8.16. The molecule has 6 heteroatoms. The Morgan fingerprint density at radius 3 is 1.89 bits per heavy atom. The molecule has 2 aliphatic rings. The van der Waals surface area contributed by atoms with Crippen LogP contribution in [0.2, 0.25) is 0 Å². The second kappa shape index (κ2) is 6.20. The van der Waals surface area contributed by atoms with E-state index in [1.807, 2.05) is 0 Å². The van der Waals surface area contributed by atoms with Crippen molar-refractivity contribution in [2.24, 2.45) is 11.8 Å². The standard InChI is InChI=1S/C12H23BrN2O2S/c1-11-2-6-14(7-3-11)18(16,17)15-8-4-12(10-13)5-9-15/h11-12H,2-10H2,1H3. The molecule has 0 aromatic carbocycles. The zero-order valence-electron chi connectivity index (χ0n) is 11.0. The summed E-state index contributed by atoms with van der Waals surface area (Å²) in [4.78, 5) is 0. The summed E-state index contributed by atoms with van der Waals surface area (Å²) < 4.78 is 28.3. The first-order valence-corrected chi connectivity index (χ1v) is 9.37. The lowest BCUT2D eigenvalue weighted by atomic mass is 10.0. The molecule has 2 rings (SSSR count). The van der Waals surface area contributed by atoms with Gasteiger partial charge in [0.25, 0.3) is 10.2 Å². The molecule has 0 radical (unpaired) electrons. The van der Waals surface area contributed by atoms with Crippen molar-refractivity contribution >= 4 is 26.1 Å². The third kappa shape index (κ3) is 3.26. The van der Waals surface area contributed by atoms with Crippen molar-refractivity contribution in [3.8, 4) is 0 Å². The van der Waals surface area contributed by atoms with Crippen molar-refractivity contribution in [3.05, 3.63) is 0 Å². The van der Waals surface area contributed by atoms with Crippen molar-refractivity contribution in [3.63, 3.8) is 0 Å². The Bertz CT molecular complexity index is 358. The monoisotopic (exact) mass is 338 g/mol. The van der Waals surface area contributed by atoms with E-state index < -0.39 is 10.2 Å². The topological polar surface area (TPSA) is 40.6 Å². The van der Waals surface area contributed by atoms with Crippen LogP contribution >= 0.6 is 15.9 Å². The summed E-state index contributed by atoms with van der Waals surface area (Å²) in [7, 11) is -3.19. The zero-order valence-corrected chi connectivity index (χ0v) is 13.4. The maximum atomic E-state index is 12.5. The fourth-order valence-electron chi connectivity index (χ4n) is 2.67. The number of nitrogens with zero attached hydrogens (tertiary/aromatic N) is 2. The predicted molar refractivity (Wildman–Crippen MR) is 77.0 cm³/mol. The molecule has 0 atom stereocenters. The van der Waals surface area contributed by atoms with E-state index >= 15 is 0 Å². The lowest BCUT2D eigenvalue weighted by Crippen LogP contribution is -2.49. The number of piperidine rings is 2. The first-order valence-electron chi connectivity index (χ1n) is 6.85. The molecule has 0 N–H and O–H groups in total. The van der Waals surface area contributed by atoms with Crippen molar-refractivity contribution < 1.29 is 8.42 Å². The summed E-state index contributed by atoms with van der Waals surface area (Å²) in [5, 5.41) is 0.988. The Hall–Kier alpha value is 0.350. The van der Waals surface area contributed by atoms with E-state index in [0.717, 1.165) is 31.0 Å². The Labute approximate surface area is 119 Å². The van der Waals surface area contributed by atoms with Gasteiger partial charge in [-0.3, -0.25) is 0 Å². The lowest BCUT2D eigenvalue weighted by Gasteiger charge is -2.37. The van der Waals surface area contributed by atoms with Gasteiger partial charge in [0, 0.05) is 31.5 Å². The van der Waals surface area contributed by atoms with Gasteiger partial charge in [-0.15, -0.1) is 0 Å². The molecular formula is C12H23BrN2O2S. The van der Waals surface area contributed by atoms with Crippen LogP contribution in [0.25, 0.3) is 0 Å². The highest BCUT2D eigenvalue weighted by Crippen LogP contribution is 2.25. The molecule has 2 saturated heterocycles. The minimum atomic E-state index is -3.19. The summed E-state index contributed by atoms with van der Waals surface area (Å²) in [6.45, 7) is 4.96. The van der Waals surface area contributed by atoms with Crippen LogP contribution in [0.4, 0.5) is 0 Å². The number of alkyl halides is 1. The van der Waals surface area contributed by atoms with Crippen molar-refractivity contribution in [1.29, 1.82) is 0 Å². The first-order chi connectivity index (χ1) is 8.54. The van der Waals surface area contributed by atoms with Crippen LogP contribution in [0.3, 0.4) is 0 Å². The van der Waals surface area contributed by atoms with Crippen molar-refractivity contribution in [1.82, 2.24) is 8.61 Å². The second-order valence-electron chi connectivity index (χ2n) is 5.59. The average molecular weight is 339 g/mol. The van der Waals surface area contributed by atoms with Crippen LogP contribution in [0.5, 0.6) is 0 Å². The van der Waals surface area contributed by atoms with Crippen molar-refractivity contribution in [2.45, 2.75) is 32.6 Å². The Balaban J connectivity index is 1.95. The lowest BCUT2D eigenvalue weighted by molar-refractivity contribution is 0.238. The maximum absolute atomic E-state index is 12.5. The van der Waals surface area contributed by atoms with E-state index in [4.69, 9.17) is 0 Å². The third-order valence-electron chi connectivity index (χ3n) is 4.19. The van der Waals surface area contributed by atoms with Crippen LogP contribution in [0.15, 0.2) is 0 Å². The van der Waals surface area contributed by atoms with Gasteiger partial charge < -0.3 is 0 Å². The molecule has 0 saturated carbocycles. The molecule has 0 aromatic rings. The van der Waals surface area contributed by atoms with E-state index in [1.54, 1.807) is 8.61 Å². The fourth-order valence-corrected chi connectivity index (χ4v) is 4.99. The molecule has 18 heavy (non-hydrogen) atoms. The van der Waals surface area contributed by atoms with Gasteiger partial charge in [0.05, 0.1) is 0 Å². The van der Waals surface area contributed by atoms with Gasteiger partial charge in [-0.25, -0.2) is 0 Å². The van der Waals surface area contributed by atoms with E-state index in [-0.39, 0.29) is 0 Å². The van der Waals surface area contributed by atoms with Gasteiger partial charge in [0.2, 0.25) is 0 Å². The number of hydrogen-bond acceptors (Lipinski definition) is 2. The van der Waals surface area contributed by atoms with Gasteiger partial charge in [-0.05, 0) is 37.5 Å². The average Bonchev–Trinajstić information content (AvgIpc) is 2.39. The molecule has 0 aromatic heterocycles. The highest BCUT2D eigenvalue weighted by Gasteiger charge is 2.34. The highest BCUT2D eigenvalue weighted by molar-refractivity contribution is 9.09. The van der Waals surface area contributed by atoms with Crippen LogP contribution < -0.4 is 0 Å². The Kier molecular flexibility index (Phi) is 5.08. The summed E-state index contributed by atoms with van der Waals surface area (Å²) in [6.07, 6.45) is 3.96. The van der Waals surface area contributed by atoms with E-state index in [2.05, 4.69) is 22.9 Å². The Morgan fingerprint density at radius 2 is 1.44 bits per heavy atom. The Morgan fingerprint density at radius 1 is 1.00 bits per heavy atom. The molecule has 0 bridgehead atoms. The molecule has 0 unspecified atom stereocenters. The quantitative estimate of drug-likeness (QED) is 0.739. The van der Waals surface area contributed by atoms with Crippen LogP contribution in [-0.4, -0.2) is 48.5 Å². The van der Waals surface area contributed by atoms with Crippen molar-refractivity contribution in [2.75, 3.05) is 31.5 Å². The number of halogens is 1. The molecule has 106 valence electrons. The minimum absolute atomic E-state index is 0.637. The molecule has 4 nitrogen and oxygen atoms in total. The van der Waals surface area contributed by atoms with Gasteiger partial charge in [-0.1, -0.05) is 22.9 Å². The largest absolute Gasteiger partial charge is 0.281 e. The number of hydrogen-bond donors (Lipinski definition) is 0. The summed E-state index contributed by atoms with van der Waals surface area (Å²) in [6, 6.07) is 0. The number of rotatable bonds is 3. The molecule has 2 fully saturated rings. The fraction of sp³-hybridized carbons (Fsp3) is 1.00. The zero-order chi connectivity index (χ0) is 13.2. The summed E-state index contributed by atoms with van der Waals surface area (Å²) >= 11 is 3.49. The van der Waals surface area contributed by atoms with Crippen LogP contribution in [-0.2, 0) is 10.2 Å². The molecule has 0 amide bonds. The maximum Gasteiger partial charge on any atom is 0.281 e. The first kappa shape index (κ1) is 14.8. The van der Waals surface area contributed by atoms with Gasteiger partial charge in [0.15, 0.2) is 0 Å². The van der Waals surface area contributed by atoms with Gasteiger partial charge >= 0.3 is 0 Å². The molecule has 0 aliphatic carbocycles. The van der Waals surface area contributed by atoms with E-state index in [9.17, 15) is 8.42 Å². The summed E-state index contributed by atoms with van der Waals surface area (Å²) in [5.41, 5.74) is 0. The predicted octanol–water partition coefficient (Wildman–Crippen LogP) is 2.07. The van der Waals surface area contributed by atoms with Gasteiger partial charge in [-0.2, -0.15) is 17.0 Å². The van der Waals surface area contributed by atoms with Gasteiger partial charge in [0.1, 0.15) is 0 Å². The molecular weight excluding hydrogens is 316 g/mol. The third-order valence-corrected chi connectivity index (χ3v) is 7.14. The van der Waals surface area contributed by atoms with Crippen LogP contribution in [0, 0.1) is 11.8 Å². The van der Waals surface area contributed by atoms with E-state index in [0.29, 0.717) is 38.0 Å².